The number of hydrogen-bond donors (Lipinski definition) is 0. The third-order valence-electron chi connectivity index (χ3n) is 12.6. The van der Waals surface area contributed by atoms with Gasteiger partial charge in [0.05, 0.1) is 45.3 Å². The summed E-state index contributed by atoms with van der Waals surface area (Å²) in [6.07, 6.45) is 0. The van der Waals surface area contributed by atoms with E-state index in [-0.39, 0.29) is 7.13 Å². The number of fused-ring (bicyclic) bond motifs is 6. The van der Waals surface area contributed by atoms with Gasteiger partial charge in [-0.3, -0.25) is 0 Å². The molecule has 10 aromatic carbocycles. The number of benzene rings is 10. The van der Waals surface area contributed by atoms with E-state index >= 15 is 0 Å². The summed E-state index contributed by atoms with van der Waals surface area (Å²) in [4.78, 5) is 0. The summed E-state index contributed by atoms with van der Waals surface area (Å²) in [5.74, 6) is 0. The van der Waals surface area contributed by atoms with Gasteiger partial charge in [-0.25, -0.2) is 0 Å². The predicted octanol–water partition coefficient (Wildman–Crippen LogP) is 18.0. The first kappa shape index (κ1) is 41.0. The summed E-state index contributed by atoms with van der Waals surface area (Å²) in [7, 11) is 0. The maximum Gasteiger partial charge on any atom is 0.0991 e. The maximum absolute atomic E-state index is 9.18. The molecule has 0 saturated heterocycles. The molecule has 0 aliphatic heterocycles. The molecule has 0 bridgehead atoms. The fourth-order valence-electron chi connectivity index (χ4n) is 9.21. The molecule has 0 radical (unpaired) electrons. The van der Waals surface area contributed by atoms with Crippen LogP contribution in [-0.2, 0) is 0 Å². The van der Waals surface area contributed by atoms with Gasteiger partial charge >= 0.3 is 0 Å². The van der Waals surface area contributed by atoms with Crippen LogP contribution >= 0.6 is 15.9 Å². The molecular formula is C62H49BrN4. The van der Waals surface area contributed by atoms with E-state index in [2.05, 4.69) is 201 Å². The third kappa shape index (κ3) is 7.85. The highest BCUT2D eigenvalue weighted by Crippen LogP contribution is 2.38. The molecule has 0 aliphatic rings. The molecule has 324 valence electrons. The minimum Gasteiger partial charge on any atom is -0.309 e. The molecule has 0 atom stereocenters. The van der Waals surface area contributed by atoms with Crippen molar-refractivity contribution in [1.82, 2.24) is 9.13 Å². The highest BCUT2D eigenvalue weighted by atomic mass is 79.9. The molecule has 2 aromatic heterocycles. The lowest BCUT2D eigenvalue weighted by molar-refractivity contribution is 1.18. The van der Waals surface area contributed by atoms with Crippen molar-refractivity contribution in [2.24, 2.45) is 0 Å². The molecule has 0 N–H and O–H groups in total. The summed E-state index contributed by atoms with van der Waals surface area (Å²) in [6.45, 7) is 0. The van der Waals surface area contributed by atoms with Gasteiger partial charge in [0, 0.05) is 44.5 Å². The van der Waals surface area contributed by atoms with Crippen LogP contribution in [0.5, 0.6) is 0 Å². The van der Waals surface area contributed by atoms with Crippen molar-refractivity contribution >= 4 is 59.5 Å². The molecule has 5 heteroatoms. The molecule has 0 spiro atoms. The predicted molar refractivity (Wildman–Crippen MR) is 291 cm³/mol. The van der Waals surface area contributed by atoms with Crippen LogP contribution in [0.25, 0.3) is 99.5 Å². The van der Waals surface area contributed by atoms with Crippen molar-refractivity contribution in [3.8, 4) is 68.0 Å². The van der Waals surface area contributed by atoms with Crippen molar-refractivity contribution in [3.05, 3.63) is 252 Å². The third-order valence-corrected chi connectivity index (χ3v) is 13.1. The molecule has 0 fully saturated rings. The highest BCUT2D eigenvalue weighted by Gasteiger charge is 2.15. The molecule has 0 saturated carbocycles. The molecule has 0 aliphatic carbocycles. The number of aromatic nitrogens is 2. The summed E-state index contributed by atoms with van der Waals surface area (Å²) >= 11 is 3.40. The number of halogens is 1. The number of para-hydroxylation sites is 3. The summed E-state index contributed by atoms with van der Waals surface area (Å²) in [5.41, 5.74) is 17.7. The van der Waals surface area contributed by atoms with Crippen LogP contribution in [0.3, 0.4) is 0 Å². The number of nitrogens with zero attached hydrogens (tertiary/aromatic N) is 4. The summed E-state index contributed by atoms with van der Waals surface area (Å²) in [6, 6.07) is 87.0. The zero-order valence-electron chi connectivity index (χ0n) is 36.2. The fraction of sp³-hybridized carbons (Fsp3) is 0. The maximum atomic E-state index is 9.18. The first-order valence-corrected chi connectivity index (χ1v) is 22.9. The van der Waals surface area contributed by atoms with Crippen LogP contribution in [0.1, 0.15) is 18.3 Å². The molecule has 0 amide bonds. The monoisotopic (exact) mass is 928 g/mol. The van der Waals surface area contributed by atoms with E-state index in [1.54, 1.807) is 0 Å². The lowest BCUT2D eigenvalue weighted by Crippen LogP contribution is -1.93. The topological polar surface area (TPSA) is 57.4 Å². The van der Waals surface area contributed by atoms with Gasteiger partial charge in [0.2, 0.25) is 0 Å². The molecular weight excluding hydrogens is 881 g/mol. The Labute approximate surface area is 404 Å². The van der Waals surface area contributed by atoms with E-state index in [9.17, 15) is 5.26 Å². The van der Waals surface area contributed by atoms with Crippen molar-refractivity contribution < 1.29 is 7.13 Å². The van der Waals surface area contributed by atoms with E-state index in [0.717, 1.165) is 32.4 Å². The average Bonchev–Trinajstić information content (AvgIpc) is 3.92. The van der Waals surface area contributed by atoms with Gasteiger partial charge in [-0.2, -0.15) is 10.5 Å². The Morgan fingerprint density at radius 3 is 1.04 bits per heavy atom. The first-order chi connectivity index (χ1) is 33.0. The number of rotatable bonds is 6. The quantitative estimate of drug-likeness (QED) is 0.167. The first-order valence-electron chi connectivity index (χ1n) is 22.1. The molecule has 12 rings (SSSR count). The van der Waals surface area contributed by atoms with Crippen LogP contribution in [-0.4, -0.2) is 9.13 Å². The number of nitriles is 2. The number of hydrogen-bond acceptors (Lipinski definition) is 2. The fourth-order valence-corrected chi connectivity index (χ4v) is 9.48. The van der Waals surface area contributed by atoms with E-state index < -0.39 is 0 Å². The smallest absolute Gasteiger partial charge is 0.0991 e. The van der Waals surface area contributed by atoms with Gasteiger partial charge in [0.1, 0.15) is 0 Å². The zero-order valence-corrected chi connectivity index (χ0v) is 37.8. The minimum absolute atomic E-state index is 0. The van der Waals surface area contributed by atoms with Crippen LogP contribution in [0.15, 0.2) is 241 Å². The minimum atomic E-state index is 0. The van der Waals surface area contributed by atoms with Crippen molar-refractivity contribution in [2.45, 2.75) is 0 Å². The van der Waals surface area contributed by atoms with Gasteiger partial charge in [0.25, 0.3) is 0 Å². The zero-order chi connectivity index (χ0) is 45.3. The highest BCUT2D eigenvalue weighted by molar-refractivity contribution is 9.10. The van der Waals surface area contributed by atoms with Gasteiger partial charge in [0.15, 0.2) is 0 Å². The lowest BCUT2D eigenvalue weighted by atomic mass is 9.98. The van der Waals surface area contributed by atoms with Crippen LogP contribution < -0.4 is 0 Å². The standard InChI is InChI=1S/C49H31N3.C13H8BrN.5H2/c50-32-33-14-16-34(17-15-33)35-22-26-41(27-23-35)52-47-13-7-5-11-43(47)45-31-39(25-29-49(45)52)37-20-18-36(19-21-37)38-24-28-48-44(30-38)42-10-4-6-12-46(42)51(48)40-8-2-1-3-9-40;14-13-7-5-12(6-8-13)11-3-1-10(9-15)2-4-11;;;;;/h1-31H;1-8H;5*1H. The van der Waals surface area contributed by atoms with Crippen LogP contribution in [0.4, 0.5) is 0 Å². The van der Waals surface area contributed by atoms with Crippen molar-refractivity contribution in [1.29, 1.82) is 10.5 Å². The largest absolute Gasteiger partial charge is 0.309 e. The Hall–Kier alpha value is -8.74. The summed E-state index contributed by atoms with van der Waals surface area (Å²) in [5, 5.41) is 22.8. The molecule has 0 unspecified atom stereocenters. The van der Waals surface area contributed by atoms with Crippen LogP contribution in [0.2, 0.25) is 0 Å². The average molecular weight is 930 g/mol. The van der Waals surface area contributed by atoms with Gasteiger partial charge in [-0.1, -0.05) is 155 Å². The lowest BCUT2D eigenvalue weighted by Gasteiger charge is -2.10. The normalized spacial score (nSPS) is 11.0. The van der Waals surface area contributed by atoms with Gasteiger partial charge in [-0.15, -0.1) is 0 Å². The van der Waals surface area contributed by atoms with Crippen molar-refractivity contribution in [2.75, 3.05) is 0 Å². The molecule has 2 heterocycles. The second-order valence-electron chi connectivity index (χ2n) is 16.5. The Morgan fingerprint density at radius 2 is 0.612 bits per heavy atom. The Bertz CT molecular complexity index is 3860. The van der Waals surface area contributed by atoms with Crippen LogP contribution in [0, 0.1) is 22.7 Å². The molecule has 12 aromatic rings. The van der Waals surface area contributed by atoms with E-state index in [1.165, 1.54) is 71.6 Å². The molecule has 67 heavy (non-hydrogen) atoms. The summed E-state index contributed by atoms with van der Waals surface area (Å²) < 4.78 is 5.78. The van der Waals surface area contributed by atoms with E-state index in [0.29, 0.717) is 11.1 Å². The second-order valence-corrected chi connectivity index (χ2v) is 17.4. The van der Waals surface area contributed by atoms with E-state index in [4.69, 9.17) is 5.26 Å². The SMILES string of the molecule is N#Cc1ccc(-c2ccc(-n3c4ccccc4c4cc(-c5ccc(-c6ccc7c(c6)c6ccccc6n7-c6ccccc6)cc5)ccc43)cc2)cc1.N#Cc1ccc(-c2ccc(Br)cc2)cc1.[HH].[HH].[HH].[HH].[HH]. The second kappa shape index (κ2) is 17.7. The Kier molecular flexibility index (Phi) is 10.8. The van der Waals surface area contributed by atoms with E-state index in [1.807, 2.05) is 72.8 Å². The van der Waals surface area contributed by atoms with Gasteiger partial charge < -0.3 is 9.13 Å². The molecule has 4 nitrogen and oxygen atoms in total. The van der Waals surface area contributed by atoms with Gasteiger partial charge in [-0.05, 0) is 142 Å². The Morgan fingerprint density at radius 1 is 0.299 bits per heavy atom. The van der Waals surface area contributed by atoms with Crippen molar-refractivity contribution in [3.63, 3.8) is 0 Å². The Balaban J connectivity index is 0.000000366.